The SMILES string of the molecule is CCNC(N)=NCC1CCCC1NS(C)(=O)=O. The summed E-state index contributed by atoms with van der Waals surface area (Å²) in [6.45, 7) is 3.27. The fraction of sp³-hybridized carbons (Fsp3) is 0.900. The molecule has 1 aliphatic rings. The van der Waals surface area contributed by atoms with Gasteiger partial charge in [0.1, 0.15) is 0 Å². The molecule has 0 saturated heterocycles. The maximum Gasteiger partial charge on any atom is 0.208 e. The molecule has 0 bridgehead atoms. The van der Waals surface area contributed by atoms with Crippen LogP contribution in [0.25, 0.3) is 0 Å². The van der Waals surface area contributed by atoms with Crippen molar-refractivity contribution in [1.82, 2.24) is 10.0 Å². The van der Waals surface area contributed by atoms with E-state index in [2.05, 4.69) is 15.0 Å². The van der Waals surface area contributed by atoms with E-state index in [1.54, 1.807) is 0 Å². The quantitative estimate of drug-likeness (QED) is 0.465. The van der Waals surface area contributed by atoms with Crippen molar-refractivity contribution in [3.05, 3.63) is 0 Å². The van der Waals surface area contributed by atoms with Gasteiger partial charge in [0.05, 0.1) is 6.26 Å². The minimum atomic E-state index is -3.13. The zero-order valence-corrected chi connectivity index (χ0v) is 11.3. The third-order valence-electron chi connectivity index (χ3n) is 2.88. The smallest absolute Gasteiger partial charge is 0.208 e. The highest BCUT2D eigenvalue weighted by Gasteiger charge is 2.29. The summed E-state index contributed by atoms with van der Waals surface area (Å²) in [5, 5.41) is 2.92. The van der Waals surface area contributed by atoms with Crippen LogP contribution >= 0.6 is 0 Å². The summed E-state index contributed by atoms with van der Waals surface area (Å²) >= 11 is 0. The lowest BCUT2D eigenvalue weighted by atomic mass is 10.1. The van der Waals surface area contributed by atoms with Crippen molar-refractivity contribution in [2.75, 3.05) is 19.3 Å². The molecule has 4 N–H and O–H groups in total. The summed E-state index contributed by atoms with van der Waals surface area (Å²) in [5.41, 5.74) is 5.64. The number of hydrogen-bond acceptors (Lipinski definition) is 3. The Bertz CT molecular complexity index is 367. The van der Waals surface area contributed by atoms with Crippen LogP contribution in [0.2, 0.25) is 0 Å². The Morgan fingerprint density at radius 2 is 2.18 bits per heavy atom. The van der Waals surface area contributed by atoms with Gasteiger partial charge in [0.25, 0.3) is 0 Å². The van der Waals surface area contributed by atoms with E-state index in [1.165, 1.54) is 6.26 Å². The third-order valence-corrected chi connectivity index (χ3v) is 3.61. The lowest BCUT2D eigenvalue weighted by Crippen LogP contribution is -2.38. The average molecular weight is 262 g/mol. The Hall–Kier alpha value is -0.820. The summed E-state index contributed by atoms with van der Waals surface area (Å²) in [6, 6.07) is 0.00294. The average Bonchev–Trinajstić information content (AvgIpc) is 2.60. The van der Waals surface area contributed by atoms with Crippen molar-refractivity contribution in [3.63, 3.8) is 0 Å². The van der Waals surface area contributed by atoms with Crippen LogP contribution in [-0.4, -0.2) is 39.8 Å². The van der Waals surface area contributed by atoms with Gasteiger partial charge in [0.15, 0.2) is 5.96 Å². The highest BCUT2D eigenvalue weighted by molar-refractivity contribution is 7.88. The highest BCUT2D eigenvalue weighted by Crippen LogP contribution is 2.26. The molecule has 0 aromatic heterocycles. The lowest BCUT2D eigenvalue weighted by Gasteiger charge is -2.18. The Balaban J connectivity index is 2.50. The summed E-state index contributed by atoms with van der Waals surface area (Å²) in [4.78, 5) is 4.22. The molecule has 0 aliphatic heterocycles. The van der Waals surface area contributed by atoms with Crippen LogP contribution in [0.5, 0.6) is 0 Å². The number of nitrogens with two attached hydrogens (primary N) is 1. The first-order chi connectivity index (χ1) is 7.92. The fourth-order valence-electron chi connectivity index (χ4n) is 2.14. The molecule has 6 nitrogen and oxygen atoms in total. The van der Waals surface area contributed by atoms with E-state index in [0.29, 0.717) is 12.5 Å². The number of nitrogens with one attached hydrogen (secondary N) is 2. The first-order valence-corrected chi connectivity index (χ1v) is 7.82. The van der Waals surface area contributed by atoms with Crippen molar-refractivity contribution in [3.8, 4) is 0 Å². The van der Waals surface area contributed by atoms with Crippen molar-refractivity contribution in [1.29, 1.82) is 0 Å². The molecule has 2 atom stereocenters. The van der Waals surface area contributed by atoms with E-state index in [9.17, 15) is 8.42 Å². The predicted molar refractivity (Wildman–Crippen MR) is 69.3 cm³/mol. The number of nitrogens with zero attached hydrogens (tertiary/aromatic N) is 1. The van der Waals surface area contributed by atoms with Crippen LogP contribution in [0.3, 0.4) is 0 Å². The Morgan fingerprint density at radius 1 is 1.47 bits per heavy atom. The largest absolute Gasteiger partial charge is 0.370 e. The molecule has 1 fully saturated rings. The monoisotopic (exact) mass is 262 g/mol. The van der Waals surface area contributed by atoms with Gasteiger partial charge in [0, 0.05) is 19.1 Å². The highest BCUT2D eigenvalue weighted by atomic mass is 32.2. The number of rotatable bonds is 5. The molecular formula is C10H22N4O2S. The van der Waals surface area contributed by atoms with Gasteiger partial charge < -0.3 is 11.1 Å². The molecule has 1 rings (SSSR count). The summed E-state index contributed by atoms with van der Waals surface area (Å²) in [7, 11) is -3.13. The molecular weight excluding hydrogens is 240 g/mol. The number of guanidine groups is 1. The maximum absolute atomic E-state index is 11.2. The summed E-state index contributed by atoms with van der Waals surface area (Å²) in [6.07, 6.45) is 4.11. The van der Waals surface area contributed by atoms with E-state index in [0.717, 1.165) is 25.8 Å². The topological polar surface area (TPSA) is 96.6 Å². The molecule has 0 spiro atoms. The number of hydrogen-bond donors (Lipinski definition) is 3. The van der Waals surface area contributed by atoms with E-state index in [4.69, 9.17) is 5.73 Å². The Morgan fingerprint density at radius 3 is 2.76 bits per heavy atom. The maximum atomic E-state index is 11.2. The Labute approximate surface area is 103 Å². The van der Waals surface area contributed by atoms with Crippen molar-refractivity contribution >= 4 is 16.0 Å². The molecule has 0 heterocycles. The Kier molecular flexibility index (Phi) is 5.20. The standard InChI is InChI=1S/C10H22N4O2S/c1-3-12-10(11)13-7-8-5-4-6-9(8)14-17(2,15)16/h8-9,14H,3-7H2,1-2H3,(H3,11,12,13). The lowest BCUT2D eigenvalue weighted by molar-refractivity contribution is 0.454. The molecule has 2 unspecified atom stereocenters. The molecule has 1 aliphatic carbocycles. The van der Waals surface area contributed by atoms with Crippen LogP contribution < -0.4 is 15.8 Å². The molecule has 100 valence electrons. The summed E-state index contributed by atoms with van der Waals surface area (Å²) < 4.78 is 25.0. The first-order valence-electron chi connectivity index (χ1n) is 5.93. The van der Waals surface area contributed by atoms with Gasteiger partial charge in [-0.3, -0.25) is 4.99 Å². The van der Waals surface area contributed by atoms with E-state index < -0.39 is 10.0 Å². The van der Waals surface area contributed by atoms with Gasteiger partial charge >= 0.3 is 0 Å². The normalized spacial score (nSPS) is 26.1. The van der Waals surface area contributed by atoms with Gasteiger partial charge in [-0.15, -0.1) is 0 Å². The van der Waals surface area contributed by atoms with Crippen molar-refractivity contribution in [2.45, 2.75) is 32.2 Å². The molecule has 0 radical (unpaired) electrons. The zero-order chi connectivity index (χ0) is 12.9. The van der Waals surface area contributed by atoms with Crippen molar-refractivity contribution < 1.29 is 8.42 Å². The second kappa shape index (κ2) is 6.20. The molecule has 17 heavy (non-hydrogen) atoms. The van der Waals surface area contributed by atoms with Gasteiger partial charge in [-0.05, 0) is 25.7 Å². The fourth-order valence-corrected chi connectivity index (χ4v) is 3.00. The molecule has 7 heteroatoms. The third kappa shape index (κ3) is 5.36. The second-order valence-corrected chi connectivity index (χ2v) is 6.22. The van der Waals surface area contributed by atoms with Gasteiger partial charge in [0.2, 0.25) is 10.0 Å². The molecule has 0 aromatic carbocycles. The van der Waals surface area contributed by atoms with E-state index >= 15 is 0 Å². The number of aliphatic imine (C=N–C) groups is 1. The van der Waals surface area contributed by atoms with Crippen LogP contribution in [0, 0.1) is 5.92 Å². The minimum absolute atomic E-state index is 0.00294. The first kappa shape index (κ1) is 14.2. The molecule has 0 aromatic rings. The van der Waals surface area contributed by atoms with E-state index in [1.807, 2.05) is 6.92 Å². The van der Waals surface area contributed by atoms with Crippen LogP contribution in [0.15, 0.2) is 4.99 Å². The number of sulfonamides is 1. The van der Waals surface area contributed by atoms with Gasteiger partial charge in [-0.1, -0.05) is 6.42 Å². The van der Waals surface area contributed by atoms with E-state index in [-0.39, 0.29) is 12.0 Å². The predicted octanol–water partition coefficient (Wildman–Crippen LogP) is -0.371. The molecule has 0 amide bonds. The second-order valence-electron chi connectivity index (χ2n) is 4.44. The summed E-state index contributed by atoms with van der Waals surface area (Å²) in [5.74, 6) is 0.680. The van der Waals surface area contributed by atoms with Crippen LogP contribution in [0.1, 0.15) is 26.2 Å². The van der Waals surface area contributed by atoms with Crippen LogP contribution in [-0.2, 0) is 10.0 Å². The van der Waals surface area contributed by atoms with Gasteiger partial charge in [-0.25, -0.2) is 13.1 Å². The minimum Gasteiger partial charge on any atom is -0.370 e. The van der Waals surface area contributed by atoms with Crippen molar-refractivity contribution in [2.24, 2.45) is 16.6 Å². The van der Waals surface area contributed by atoms with Crippen LogP contribution in [0.4, 0.5) is 0 Å². The van der Waals surface area contributed by atoms with Gasteiger partial charge in [-0.2, -0.15) is 0 Å². The molecule has 1 saturated carbocycles. The zero-order valence-electron chi connectivity index (χ0n) is 10.4.